The van der Waals surface area contributed by atoms with Crippen LogP contribution in [0.25, 0.3) is 26.8 Å². The van der Waals surface area contributed by atoms with Crippen molar-refractivity contribution in [3.8, 4) is 33.3 Å². The van der Waals surface area contributed by atoms with Gasteiger partial charge in [-0.25, -0.2) is 0 Å². The van der Waals surface area contributed by atoms with Crippen molar-refractivity contribution in [2.45, 2.75) is 6.92 Å². The van der Waals surface area contributed by atoms with E-state index in [-0.39, 0.29) is 11.3 Å². The summed E-state index contributed by atoms with van der Waals surface area (Å²) in [5, 5.41) is 13.4. The fourth-order valence-corrected chi connectivity index (χ4v) is 3.73. The Morgan fingerprint density at radius 1 is 0.963 bits per heavy atom. The quantitative estimate of drug-likeness (QED) is 0.534. The van der Waals surface area contributed by atoms with Gasteiger partial charge in [0.15, 0.2) is 17.2 Å². The number of fused-ring (bicyclic) bond motifs is 2. The van der Waals surface area contributed by atoms with Gasteiger partial charge < -0.3 is 9.47 Å². The monoisotopic (exact) mass is 378 g/mol. The number of nitrogens with zero attached hydrogens (tertiary/aromatic N) is 4. The zero-order valence-electron chi connectivity index (χ0n) is 14.4. The molecule has 7 nitrogen and oxygen atoms in total. The molecule has 0 saturated carbocycles. The van der Waals surface area contributed by atoms with Crippen LogP contribution < -0.4 is 15.0 Å². The zero-order valence-corrected chi connectivity index (χ0v) is 15.2. The average molecular weight is 378 g/mol. The van der Waals surface area contributed by atoms with E-state index in [2.05, 4.69) is 15.3 Å². The molecule has 0 amide bonds. The fourth-order valence-electron chi connectivity index (χ4n) is 2.90. The highest BCUT2D eigenvalue weighted by Crippen LogP contribution is 2.35. The third kappa shape index (κ3) is 2.74. The molecular weight excluding hydrogens is 364 g/mol. The average Bonchev–Trinajstić information content (AvgIpc) is 3.14. The van der Waals surface area contributed by atoms with Crippen LogP contribution in [0.5, 0.6) is 11.5 Å². The van der Waals surface area contributed by atoms with Gasteiger partial charge in [-0.2, -0.15) is 9.61 Å². The van der Waals surface area contributed by atoms with Crippen molar-refractivity contribution in [1.29, 1.82) is 0 Å². The summed E-state index contributed by atoms with van der Waals surface area (Å²) >= 11 is 1.30. The number of aromatic nitrogens is 4. The van der Waals surface area contributed by atoms with Gasteiger partial charge in [0.1, 0.15) is 18.2 Å². The van der Waals surface area contributed by atoms with E-state index in [0.29, 0.717) is 34.7 Å². The molecule has 0 radical (unpaired) electrons. The lowest BCUT2D eigenvalue weighted by Gasteiger charge is -2.18. The Kier molecular flexibility index (Phi) is 3.64. The number of aryl methyl sites for hydroxylation is 1. The highest BCUT2D eigenvalue weighted by molar-refractivity contribution is 7.19. The van der Waals surface area contributed by atoms with E-state index in [0.717, 1.165) is 16.7 Å². The third-order valence-corrected chi connectivity index (χ3v) is 5.25. The van der Waals surface area contributed by atoms with E-state index in [4.69, 9.17) is 9.47 Å². The molecule has 0 spiro atoms. The molecule has 27 heavy (non-hydrogen) atoms. The fraction of sp³-hybridized carbons (Fsp3) is 0.158. The highest BCUT2D eigenvalue weighted by Gasteiger charge is 2.17. The van der Waals surface area contributed by atoms with Crippen LogP contribution in [-0.2, 0) is 0 Å². The first kappa shape index (κ1) is 16.0. The lowest BCUT2D eigenvalue weighted by molar-refractivity contribution is 0.171. The maximum absolute atomic E-state index is 12.9. The van der Waals surface area contributed by atoms with E-state index >= 15 is 0 Å². The normalized spacial score (nSPS) is 13.1. The van der Waals surface area contributed by atoms with Gasteiger partial charge in [-0.15, -0.1) is 10.2 Å². The van der Waals surface area contributed by atoms with Crippen molar-refractivity contribution in [3.05, 3.63) is 58.4 Å². The van der Waals surface area contributed by atoms with Crippen LogP contribution in [0.2, 0.25) is 0 Å². The molecule has 134 valence electrons. The number of benzene rings is 2. The molecular formula is C19H14N4O3S. The van der Waals surface area contributed by atoms with Gasteiger partial charge in [0, 0.05) is 11.1 Å². The smallest absolute Gasteiger partial charge is 0.302 e. The van der Waals surface area contributed by atoms with E-state index in [1.165, 1.54) is 15.9 Å². The summed E-state index contributed by atoms with van der Waals surface area (Å²) in [5.74, 6) is 1.39. The lowest BCUT2D eigenvalue weighted by atomic mass is 10.1. The predicted molar refractivity (Wildman–Crippen MR) is 102 cm³/mol. The molecule has 0 saturated heterocycles. The molecule has 3 heterocycles. The summed E-state index contributed by atoms with van der Waals surface area (Å²) in [6.45, 7) is 3.05. The number of hydrogen-bond acceptors (Lipinski definition) is 7. The molecule has 0 fully saturated rings. The molecule has 0 N–H and O–H groups in total. The first-order chi connectivity index (χ1) is 13.2. The lowest BCUT2D eigenvalue weighted by Crippen LogP contribution is -2.19. The van der Waals surface area contributed by atoms with Crippen molar-refractivity contribution in [1.82, 2.24) is 19.8 Å². The second-order valence-corrected chi connectivity index (χ2v) is 7.14. The van der Waals surface area contributed by atoms with Gasteiger partial charge >= 0.3 is 5.56 Å². The Hall–Kier alpha value is -3.26. The molecule has 8 heteroatoms. The predicted octanol–water partition coefficient (Wildman–Crippen LogP) is 2.96. The molecule has 1 aliphatic rings. The second kappa shape index (κ2) is 6.17. The Morgan fingerprint density at radius 2 is 1.70 bits per heavy atom. The molecule has 5 rings (SSSR count). The standard InChI is InChI=1S/C19H14N4O3S/c1-11-2-4-12(5-3-11)16-18(24)23-19(21-20-16)27-17(22-23)13-6-7-14-15(10-13)26-9-8-25-14/h2-7,10H,8-9H2,1H3. The van der Waals surface area contributed by atoms with Crippen LogP contribution in [0.3, 0.4) is 0 Å². The van der Waals surface area contributed by atoms with Crippen LogP contribution in [0.4, 0.5) is 0 Å². The topological polar surface area (TPSA) is 78.6 Å². The van der Waals surface area contributed by atoms with Gasteiger partial charge in [0.2, 0.25) is 4.96 Å². The Bertz CT molecular complexity index is 1210. The number of ether oxygens (including phenoxy) is 2. The minimum absolute atomic E-state index is 0.284. The first-order valence-corrected chi connectivity index (χ1v) is 9.24. The van der Waals surface area contributed by atoms with Crippen molar-refractivity contribution in [3.63, 3.8) is 0 Å². The SMILES string of the molecule is Cc1ccc(-c2nnc3sc(-c4ccc5c(c4)OCCO5)nn3c2=O)cc1. The van der Waals surface area contributed by atoms with Crippen LogP contribution >= 0.6 is 11.3 Å². The molecule has 0 bridgehead atoms. The summed E-state index contributed by atoms with van der Waals surface area (Å²) < 4.78 is 12.5. The van der Waals surface area contributed by atoms with Crippen LogP contribution in [0, 0.1) is 6.92 Å². The minimum atomic E-state index is -0.288. The molecule has 1 aliphatic heterocycles. The van der Waals surface area contributed by atoms with Crippen molar-refractivity contribution < 1.29 is 9.47 Å². The summed E-state index contributed by atoms with van der Waals surface area (Å²) in [4.78, 5) is 13.3. The van der Waals surface area contributed by atoms with E-state index in [1.54, 1.807) is 0 Å². The van der Waals surface area contributed by atoms with E-state index in [9.17, 15) is 4.79 Å². The molecule has 0 aliphatic carbocycles. The second-order valence-electron chi connectivity index (χ2n) is 6.18. The first-order valence-electron chi connectivity index (χ1n) is 8.43. The van der Waals surface area contributed by atoms with E-state index < -0.39 is 0 Å². The molecule has 4 aromatic rings. The van der Waals surface area contributed by atoms with Gasteiger partial charge in [-0.05, 0) is 25.1 Å². The van der Waals surface area contributed by atoms with Crippen LogP contribution in [0.15, 0.2) is 47.3 Å². The number of rotatable bonds is 2. The molecule has 0 unspecified atom stereocenters. The summed E-state index contributed by atoms with van der Waals surface area (Å²) in [6, 6.07) is 13.2. The van der Waals surface area contributed by atoms with Crippen molar-refractivity contribution >= 4 is 16.3 Å². The van der Waals surface area contributed by atoms with Crippen LogP contribution in [-0.4, -0.2) is 33.0 Å². The van der Waals surface area contributed by atoms with Crippen molar-refractivity contribution in [2.24, 2.45) is 0 Å². The molecule has 0 atom stereocenters. The van der Waals surface area contributed by atoms with Crippen molar-refractivity contribution in [2.75, 3.05) is 13.2 Å². The zero-order chi connectivity index (χ0) is 18.4. The Morgan fingerprint density at radius 3 is 2.52 bits per heavy atom. The summed E-state index contributed by atoms with van der Waals surface area (Å²) in [5.41, 5.74) is 2.67. The Labute approximate surface area is 157 Å². The molecule has 2 aromatic heterocycles. The third-order valence-electron chi connectivity index (χ3n) is 4.30. The summed E-state index contributed by atoms with van der Waals surface area (Å²) in [6.07, 6.45) is 0. The van der Waals surface area contributed by atoms with E-state index in [1.807, 2.05) is 49.4 Å². The molecule has 2 aromatic carbocycles. The number of hydrogen-bond donors (Lipinski definition) is 0. The largest absolute Gasteiger partial charge is 0.486 e. The maximum atomic E-state index is 12.9. The van der Waals surface area contributed by atoms with Gasteiger partial charge in [-0.1, -0.05) is 41.2 Å². The Balaban J connectivity index is 1.61. The maximum Gasteiger partial charge on any atom is 0.302 e. The van der Waals surface area contributed by atoms with Crippen LogP contribution in [0.1, 0.15) is 5.56 Å². The van der Waals surface area contributed by atoms with Gasteiger partial charge in [-0.3, -0.25) is 4.79 Å². The highest BCUT2D eigenvalue weighted by atomic mass is 32.1. The summed E-state index contributed by atoms with van der Waals surface area (Å²) in [7, 11) is 0. The minimum Gasteiger partial charge on any atom is -0.486 e. The van der Waals surface area contributed by atoms with Gasteiger partial charge in [0.05, 0.1) is 0 Å². The van der Waals surface area contributed by atoms with Gasteiger partial charge in [0.25, 0.3) is 0 Å².